The molecule has 3 atom stereocenters. The average Bonchev–Trinajstić information content (AvgIpc) is 3.00. The fourth-order valence-corrected chi connectivity index (χ4v) is 4.64. The first kappa shape index (κ1) is 34.6. The second kappa shape index (κ2) is 16.2. The Kier molecular flexibility index (Phi) is 12.5. The van der Waals surface area contributed by atoms with Gasteiger partial charge in [-0.15, -0.1) is 0 Å². The molecule has 3 rings (SSSR count). The van der Waals surface area contributed by atoms with E-state index >= 15 is 0 Å². The summed E-state index contributed by atoms with van der Waals surface area (Å²) in [6, 6.07) is 24.3. The molecule has 0 aliphatic heterocycles. The van der Waals surface area contributed by atoms with Crippen LogP contribution < -0.4 is 26.6 Å². The third-order valence-electron chi connectivity index (χ3n) is 6.95. The van der Waals surface area contributed by atoms with Crippen LogP contribution in [0.3, 0.4) is 0 Å². The number of aliphatic hydroxyl groups is 1. The van der Waals surface area contributed by atoms with Gasteiger partial charge in [-0.25, -0.2) is 9.59 Å². The Hall–Kier alpha value is -4.90. The predicted molar refractivity (Wildman–Crippen MR) is 174 cm³/mol. The van der Waals surface area contributed by atoms with E-state index in [1.165, 1.54) is 16.8 Å². The zero-order valence-corrected chi connectivity index (χ0v) is 26.3. The molecule has 45 heavy (non-hydrogen) atoms. The maximum Gasteiger partial charge on any atom is 0.322 e. The zero-order valence-electron chi connectivity index (χ0n) is 26.3. The minimum Gasteiger partial charge on any atom is -0.389 e. The van der Waals surface area contributed by atoms with Crippen molar-refractivity contribution in [1.82, 2.24) is 20.9 Å². The minimum absolute atomic E-state index is 0.113. The van der Waals surface area contributed by atoms with Gasteiger partial charge >= 0.3 is 12.1 Å². The standard InChI is InChI=1S/C34H44N6O5/c1-34(2,3)38-33(45)40(22-25-16-10-6-11-17-25)23-29(41)27(20-24-14-8-5-9-15-24)36-31(43)28(21-30(35)42)37-32(44)39(4)26-18-12-7-13-19-26/h5-19,27-29,41H,20-23H2,1-4H3,(H2,35,42)(H,36,43)(H,37,44)(H,38,45). The van der Waals surface area contributed by atoms with Crippen molar-refractivity contribution in [2.45, 2.75) is 63.9 Å². The summed E-state index contributed by atoms with van der Waals surface area (Å²) in [4.78, 5) is 54.7. The number of carbonyl (C=O) groups is 4. The number of aliphatic hydroxyl groups excluding tert-OH is 1. The van der Waals surface area contributed by atoms with Crippen LogP contribution in [0.25, 0.3) is 0 Å². The second-order valence-electron chi connectivity index (χ2n) is 12.0. The molecule has 3 aromatic rings. The Balaban J connectivity index is 1.85. The lowest BCUT2D eigenvalue weighted by Crippen LogP contribution is -2.58. The topological polar surface area (TPSA) is 157 Å². The van der Waals surface area contributed by atoms with E-state index in [1.807, 2.05) is 87.5 Å². The Morgan fingerprint density at radius 3 is 1.87 bits per heavy atom. The van der Waals surface area contributed by atoms with Gasteiger partial charge in [-0.2, -0.15) is 0 Å². The van der Waals surface area contributed by atoms with Gasteiger partial charge in [0.2, 0.25) is 11.8 Å². The fraction of sp³-hybridized carbons (Fsp3) is 0.353. The minimum atomic E-state index is -1.31. The van der Waals surface area contributed by atoms with Crippen LogP contribution in [-0.2, 0) is 22.6 Å². The van der Waals surface area contributed by atoms with E-state index in [0.717, 1.165) is 11.1 Å². The van der Waals surface area contributed by atoms with Gasteiger partial charge in [0, 0.05) is 24.8 Å². The van der Waals surface area contributed by atoms with Gasteiger partial charge in [0.1, 0.15) is 6.04 Å². The number of para-hydroxylation sites is 1. The third kappa shape index (κ3) is 11.6. The molecule has 6 N–H and O–H groups in total. The number of carbonyl (C=O) groups excluding carboxylic acids is 4. The Morgan fingerprint density at radius 1 is 0.800 bits per heavy atom. The molecule has 0 saturated carbocycles. The normalized spacial score (nSPS) is 13.1. The first-order valence-electron chi connectivity index (χ1n) is 14.8. The highest BCUT2D eigenvalue weighted by Crippen LogP contribution is 2.14. The summed E-state index contributed by atoms with van der Waals surface area (Å²) >= 11 is 0. The van der Waals surface area contributed by atoms with Gasteiger partial charge in [-0.3, -0.25) is 14.5 Å². The molecule has 0 spiro atoms. The van der Waals surface area contributed by atoms with Crippen molar-refractivity contribution in [2.24, 2.45) is 5.73 Å². The molecule has 0 aromatic heterocycles. The van der Waals surface area contributed by atoms with Crippen LogP contribution in [-0.4, -0.2) is 71.2 Å². The molecular weight excluding hydrogens is 572 g/mol. The predicted octanol–water partition coefficient (Wildman–Crippen LogP) is 3.18. The van der Waals surface area contributed by atoms with Crippen LogP contribution in [0.5, 0.6) is 0 Å². The Labute approximate surface area is 264 Å². The molecule has 0 aliphatic carbocycles. The Bertz CT molecular complexity index is 1400. The highest BCUT2D eigenvalue weighted by Gasteiger charge is 2.31. The number of primary amides is 1. The van der Waals surface area contributed by atoms with E-state index in [9.17, 15) is 24.3 Å². The van der Waals surface area contributed by atoms with E-state index in [1.54, 1.807) is 24.3 Å². The van der Waals surface area contributed by atoms with E-state index < -0.39 is 48.0 Å². The molecule has 0 bridgehead atoms. The number of anilines is 1. The average molecular weight is 617 g/mol. The molecule has 3 unspecified atom stereocenters. The van der Waals surface area contributed by atoms with Crippen LogP contribution in [0.2, 0.25) is 0 Å². The molecule has 240 valence electrons. The van der Waals surface area contributed by atoms with Gasteiger partial charge < -0.3 is 31.7 Å². The van der Waals surface area contributed by atoms with Gasteiger partial charge in [0.05, 0.1) is 25.1 Å². The number of hydrogen-bond acceptors (Lipinski definition) is 5. The maximum absolute atomic E-state index is 13.6. The van der Waals surface area contributed by atoms with Crippen molar-refractivity contribution >= 4 is 29.6 Å². The van der Waals surface area contributed by atoms with E-state index in [-0.39, 0.29) is 25.5 Å². The van der Waals surface area contributed by atoms with Crippen molar-refractivity contribution < 1.29 is 24.3 Å². The quantitative estimate of drug-likeness (QED) is 0.199. The summed E-state index contributed by atoms with van der Waals surface area (Å²) < 4.78 is 0. The lowest BCUT2D eigenvalue weighted by Gasteiger charge is -2.33. The number of amides is 6. The number of hydrogen-bond donors (Lipinski definition) is 5. The van der Waals surface area contributed by atoms with Gasteiger partial charge in [0.15, 0.2) is 0 Å². The molecule has 0 saturated heterocycles. The molecule has 0 fully saturated rings. The van der Waals surface area contributed by atoms with E-state index in [0.29, 0.717) is 5.69 Å². The molecule has 0 radical (unpaired) electrons. The molecular formula is C34H44N6O5. The number of nitrogens with one attached hydrogen (secondary N) is 3. The number of rotatable bonds is 13. The van der Waals surface area contributed by atoms with Crippen LogP contribution in [0.15, 0.2) is 91.0 Å². The summed E-state index contributed by atoms with van der Waals surface area (Å²) in [6.45, 7) is 5.70. The summed E-state index contributed by atoms with van der Waals surface area (Å²) in [5.74, 6) is -1.48. The summed E-state index contributed by atoms with van der Waals surface area (Å²) in [7, 11) is 1.54. The molecule has 11 nitrogen and oxygen atoms in total. The van der Waals surface area contributed by atoms with Gasteiger partial charge in [-0.1, -0.05) is 78.9 Å². The van der Waals surface area contributed by atoms with Crippen molar-refractivity contribution in [2.75, 3.05) is 18.5 Å². The third-order valence-corrected chi connectivity index (χ3v) is 6.95. The molecule has 0 aliphatic rings. The first-order valence-corrected chi connectivity index (χ1v) is 14.8. The van der Waals surface area contributed by atoms with Crippen molar-refractivity contribution in [3.05, 3.63) is 102 Å². The number of urea groups is 2. The summed E-state index contributed by atoms with van der Waals surface area (Å²) in [6.07, 6.45) is -1.46. The summed E-state index contributed by atoms with van der Waals surface area (Å²) in [5.41, 5.74) is 7.20. The fourth-order valence-electron chi connectivity index (χ4n) is 4.64. The van der Waals surface area contributed by atoms with Crippen molar-refractivity contribution in [3.8, 4) is 0 Å². The number of nitrogens with zero attached hydrogens (tertiary/aromatic N) is 2. The molecule has 3 aromatic carbocycles. The highest BCUT2D eigenvalue weighted by molar-refractivity contribution is 5.96. The first-order chi connectivity index (χ1) is 21.3. The zero-order chi connectivity index (χ0) is 33.0. The van der Waals surface area contributed by atoms with Crippen molar-refractivity contribution in [3.63, 3.8) is 0 Å². The Morgan fingerprint density at radius 2 is 1.33 bits per heavy atom. The van der Waals surface area contributed by atoms with E-state index in [4.69, 9.17) is 5.73 Å². The molecule has 11 heteroatoms. The largest absolute Gasteiger partial charge is 0.389 e. The number of benzene rings is 3. The van der Waals surface area contributed by atoms with Crippen LogP contribution in [0, 0.1) is 0 Å². The highest BCUT2D eigenvalue weighted by atomic mass is 16.3. The van der Waals surface area contributed by atoms with Crippen LogP contribution in [0.4, 0.5) is 15.3 Å². The number of nitrogens with two attached hydrogens (primary N) is 1. The van der Waals surface area contributed by atoms with Crippen LogP contribution >= 0.6 is 0 Å². The summed E-state index contributed by atoms with van der Waals surface area (Å²) in [5, 5.41) is 19.9. The second-order valence-corrected chi connectivity index (χ2v) is 12.0. The van der Waals surface area contributed by atoms with Gasteiger partial charge in [0.25, 0.3) is 0 Å². The SMILES string of the molecule is CN(C(=O)NC(CC(N)=O)C(=O)NC(Cc1ccccc1)C(O)CN(Cc1ccccc1)C(=O)NC(C)(C)C)c1ccccc1. The molecule has 6 amide bonds. The van der Waals surface area contributed by atoms with Gasteiger partial charge in [-0.05, 0) is 50.5 Å². The monoisotopic (exact) mass is 616 g/mol. The van der Waals surface area contributed by atoms with Crippen molar-refractivity contribution in [1.29, 1.82) is 0 Å². The lowest BCUT2D eigenvalue weighted by atomic mass is 9.99. The molecule has 0 heterocycles. The van der Waals surface area contributed by atoms with E-state index in [2.05, 4.69) is 16.0 Å². The smallest absolute Gasteiger partial charge is 0.322 e. The lowest BCUT2D eigenvalue weighted by molar-refractivity contribution is -0.128. The maximum atomic E-state index is 13.6. The van der Waals surface area contributed by atoms with Crippen LogP contribution in [0.1, 0.15) is 38.3 Å².